The average molecular weight is 344 g/mol. The quantitative estimate of drug-likeness (QED) is 0.534. The maximum atomic E-state index is 2.56. The molecule has 134 valence electrons. The van der Waals surface area contributed by atoms with Crippen LogP contribution in [-0.2, 0) is 0 Å². The smallest absolute Gasteiger partial charge is 0.0554 e. The summed E-state index contributed by atoms with van der Waals surface area (Å²) in [6, 6.07) is 20.3. The molecule has 0 aliphatic heterocycles. The number of rotatable bonds is 6. The number of hydrogen-bond donors (Lipinski definition) is 0. The van der Waals surface area contributed by atoms with Crippen LogP contribution in [0.4, 0.5) is 5.69 Å². The average Bonchev–Trinajstić information content (AvgIpc) is 2.68. The molecular formula is C25H29N. The number of allylic oxidation sites excluding steroid dienone is 3. The summed E-state index contributed by atoms with van der Waals surface area (Å²) < 4.78 is 0. The maximum absolute atomic E-state index is 2.56. The predicted octanol–water partition coefficient (Wildman–Crippen LogP) is 6.60. The molecule has 3 unspecified atom stereocenters. The Bertz CT molecular complexity index is 785. The highest BCUT2D eigenvalue weighted by molar-refractivity contribution is 5.63. The Morgan fingerprint density at radius 1 is 0.962 bits per heavy atom. The topological polar surface area (TPSA) is 3.24 Å². The van der Waals surface area contributed by atoms with Gasteiger partial charge in [0.15, 0.2) is 0 Å². The van der Waals surface area contributed by atoms with E-state index in [1.165, 1.54) is 16.8 Å². The number of benzene rings is 2. The van der Waals surface area contributed by atoms with Crippen LogP contribution in [0.1, 0.15) is 44.2 Å². The van der Waals surface area contributed by atoms with Gasteiger partial charge in [-0.3, -0.25) is 0 Å². The number of nitrogens with zero attached hydrogens (tertiary/aromatic N) is 1. The summed E-state index contributed by atoms with van der Waals surface area (Å²) in [4.78, 5) is 2.56. The van der Waals surface area contributed by atoms with Crippen molar-refractivity contribution in [1.82, 2.24) is 0 Å². The number of hydrogen-bond acceptors (Lipinski definition) is 1. The van der Waals surface area contributed by atoms with Gasteiger partial charge < -0.3 is 4.90 Å². The van der Waals surface area contributed by atoms with Crippen molar-refractivity contribution in [2.75, 3.05) is 4.90 Å². The van der Waals surface area contributed by atoms with Crippen LogP contribution in [0.2, 0.25) is 0 Å². The SMILES string of the molecule is C/C=C\CC1c2ccccc2C=CC1N(c1ccccc1)C(C)/C=C\C. The fourth-order valence-corrected chi connectivity index (χ4v) is 4.01. The molecule has 0 amide bonds. The third kappa shape index (κ3) is 3.83. The monoisotopic (exact) mass is 343 g/mol. The lowest BCUT2D eigenvalue weighted by Crippen LogP contribution is -2.44. The minimum atomic E-state index is 0.328. The number of fused-ring (bicyclic) bond motifs is 1. The summed E-state index contributed by atoms with van der Waals surface area (Å²) in [7, 11) is 0. The van der Waals surface area contributed by atoms with Crippen LogP contribution < -0.4 is 4.90 Å². The van der Waals surface area contributed by atoms with Crippen molar-refractivity contribution in [3.8, 4) is 0 Å². The largest absolute Gasteiger partial charge is 0.358 e. The van der Waals surface area contributed by atoms with Gasteiger partial charge >= 0.3 is 0 Å². The first-order valence-corrected chi connectivity index (χ1v) is 9.60. The molecule has 1 aliphatic rings. The molecule has 3 atom stereocenters. The Morgan fingerprint density at radius 2 is 1.69 bits per heavy atom. The van der Waals surface area contributed by atoms with E-state index in [0.29, 0.717) is 18.0 Å². The van der Waals surface area contributed by atoms with Gasteiger partial charge in [-0.1, -0.05) is 78.9 Å². The van der Waals surface area contributed by atoms with E-state index in [-0.39, 0.29) is 0 Å². The van der Waals surface area contributed by atoms with E-state index < -0.39 is 0 Å². The van der Waals surface area contributed by atoms with E-state index in [0.717, 1.165) is 6.42 Å². The summed E-state index contributed by atoms with van der Waals surface area (Å²) in [5.74, 6) is 0.445. The lowest BCUT2D eigenvalue weighted by Gasteiger charge is -2.42. The third-order valence-electron chi connectivity index (χ3n) is 5.19. The first-order chi connectivity index (χ1) is 12.8. The first kappa shape index (κ1) is 18.3. The summed E-state index contributed by atoms with van der Waals surface area (Å²) in [6.45, 7) is 6.49. The van der Waals surface area contributed by atoms with Gasteiger partial charge in [0.2, 0.25) is 0 Å². The highest BCUT2D eigenvalue weighted by atomic mass is 15.2. The minimum absolute atomic E-state index is 0.328. The van der Waals surface area contributed by atoms with E-state index in [4.69, 9.17) is 0 Å². The van der Waals surface area contributed by atoms with Crippen molar-refractivity contribution < 1.29 is 0 Å². The molecule has 1 nitrogen and oxygen atoms in total. The van der Waals surface area contributed by atoms with E-state index in [9.17, 15) is 0 Å². The Kier molecular flexibility index (Phi) is 6.12. The van der Waals surface area contributed by atoms with Crippen LogP contribution in [0.5, 0.6) is 0 Å². The van der Waals surface area contributed by atoms with Crippen LogP contribution in [0, 0.1) is 0 Å². The molecule has 0 bridgehead atoms. The Hall–Kier alpha value is -2.54. The van der Waals surface area contributed by atoms with Crippen molar-refractivity contribution in [3.63, 3.8) is 0 Å². The molecular weight excluding hydrogens is 314 g/mol. The maximum Gasteiger partial charge on any atom is 0.0554 e. The Labute approximate surface area is 158 Å². The zero-order valence-corrected chi connectivity index (χ0v) is 16.0. The van der Waals surface area contributed by atoms with Gasteiger partial charge in [-0.25, -0.2) is 0 Å². The van der Waals surface area contributed by atoms with Crippen molar-refractivity contribution >= 4 is 11.8 Å². The van der Waals surface area contributed by atoms with Crippen LogP contribution in [0.3, 0.4) is 0 Å². The van der Waals surface area contributed by atoms with Crippen molar-refractivity contribution in [2.45, 2.75) is 45.2 Å². The van der Waals surface area contributed by atoms with Crippen molar-refractivity contribution in [3.05, 3.63) is 96.1 Å². The fraction of sp³-hybridized carbons (Fsp3) is 0.280. The Balaban J connectivity index is 2.06. The second-order valence-corrected chi connectivity index (χ2v) is 6.90. The van der Waals surface area contributed by atoms with Crippen LogP contribution in [-0.4, -0.2) is 12.1 Å². The summed E-state index contributed by atoms with van der Waals surface area (Å²) >= 11 is 0. The predicted molar refractivity (Wildman–Crippen MR) is 115 cm³/mol. The first-order valence-electron chi connectivity index (χ1n) is 9.60. The molecule has 0 saturated carbocycles. The van der Waals surface area contributed by atoms with E-state index in [1.54, 1.807) is 0 Å². The van der Waals surface area contributed by atoms with Crippen LogP contribution >= 0.6 is 0 Å². The second-order valence-electron chi connectivity index (χ2n) is 6.90. The molecule has 3 rings (SSSR count). The van der Waals surface area contributed by atoms with Gasteiger partial charge in [-0.15, -0.1) is 0 Å². The molecule has 0 saturated heterocycles. The number of para-hydroxylation sites is 1. The zero-order chi connectivity index (χ0) is 18.4. The van der Waals surface area contributed by atoms with E-state index in [1.807, 2.05) is 0 Å². The molecule has 2 aromatic carbocycles. The van der Waals surface area contributed by atoms with Gasteiger partial charge in [-0.05, 0) is 50.5 Å². The van der Waals surface area contributed by atoms with Gasteiger partial charge in [0.05, 0.1) is 6.04 Å². The van der Waals surface area contributed by atoms with Crippen LogP contribution in [0.15, 0.2) is 85.0 Å². The minimum Gasteiger partial charge on any atom is -0.358 e. The van der Waals surface area contributed by atoms with Gasteiger partial charge in [0.25, 0.3) is 0 Å². The molecule has 0 heterocycles. The molecule has 0 aromatic heterocycles. The van der Waals surface area contributed by atoms with Gasteiger partial charge in [0, 0.05) is 17.6 Å². The van der Waals surface area contributed by atoms with Gasteiger partial charge in [-0.2, -0.15) is 0 Å². The molecule has 0 fully saturated rings. The van der Waals surface area contributed by atoms with Crippen molar-refractivity contribution in [2.24, 2.45) is 0 Å². The number of anilines is 1. The lowest BCUT2D eigenvalue weighted by molar-refractivity contribution is 0.537. The third-order valence-corrected chi connectivity index (χ3v) is 5.19. The fourth-order valence-electron chi connectivity index (χ4n) is 4.01. The molecule has 2 aromatic rings. The van der Waals surface area contributed by atoms with Crippen molar-refractivity contribution in [1.29, 1.82) is 0 Å². The molecule has 0 spiro atoms. The standard InChI is InChI=1S/C25H29N/c1-4-6-16-24-23-17-11-10-13-21(23)18-19-25(24)26(20(3)12-5-2)22-14-8-7-9-15-22/h4-15,17-20,24-25H,16H2,1-3H3/b6-4-,12-5-. The summed E-state index contributed by atoms with van der Waals surface area (Å²) in [6.07, 6.45) is 14.6. The van der Waals surface area contributed by atoms with E-state index >= 15 is 0 Å². The highest BCUT2D eigenvalue weighted by Crippen LogP contribution is 2.38. The molecule has 1 aliphatic carbocycles. The molecule has 26 heavy (non-hydrogen) atoms. The van der Waals surface area contributed by atoms with Gasteiger partial charge in [0.1, 0.15) is 0 Å². The molecule has 1 heteroatoms. The van der Waals surface area contributed by atoms with Crippen LogP contribution in [0.25, 0.3) is 6.08 Å². The summed E-state index contributed by atoms with van der Waals surface area (Å²) in [5.41, 5.74) is 4.08. The molecule has 0 N–H and O–H groups in total. The summed E-state index contributed by atoms with van der Waals surface area (Å²) in [5, 5.41) is 0. The second kappa shape index (κ2) is 8.71. The molecule has 0 radical (unpaired) electrons. The highest BCUT2D eigenvalue weighted by Gasteiger charge is 2.31. The normalized spacial score (nSPS) is 20.4. The zero-order valence-electron chi connectivity index (χ0n) is 16.0. The van der Waals surface area contributed by atoms with E-state index in [2.05, 4.69) is 117 Å². The lowest BCUT2D eigenvalue weighted by atomic mass is 9.80. The Morgan fingerprint density at radius 3 is 2.42 bits per heavy atom.